The van der Waals surface area contributed by atoms with Crippen LogP contribution in [0.15, 0.2) is 78.9 Å². The van der Waals surface area contributed by atoms with Crippen molar-refractivity contribution in [1.82, 2.24) is 15.0 Å². The molecule has 1 aromatic heterocycles. The highest BCUT2D eigenvalue weighted by molar-refractivity contribution is 6.38. The maximum absolute atomic E-state index is 9.57. The summed E-state index contributed by atoms with van der Waals surface area (Å²) in [7, 11) is 0. The number of nitrogens with zero attached hydrogens (tertiary/aromatic N) is 4. The predicted molar refractivity (Wildman–Crippen MR) is 121 cm³/mol. The molecule has 0 atom stereocenters. The first-order chi connectivity index (χ1) is 14.7. The van der Waals surface area contributed by atoms with Gasteiger partial charge >= 0.3 is 0 Å². The normalized spacial score (nSPS) is 11.3. The van der Waals surface area contributed by atoms with Gasteiger partial charge in [-0.15, -0.1) is 10.2 Å². The van der Waals surface area contributed by atoms with Crippen LogP contribution in [-0.4, -0.2) is 15.0 Å². The molecule has 0 aliphatic carbocycles. The quantitative estimate of drug-likeness (QED) is 0.332. The molecule has 0 unspecified atom stereocenters. The number of fused-ring (bicyclic) bond motifs is 3. The largest absolute Gasteiger partial charge is 0.192 e. The summed E-state index contributed by atoms with van der Waals surface area (Å²) in [5.74, 6) is 0. The molecule has 0 saturated heterocycles. The Balaban J connectivity index is 1.55. The van der Waals surface area contributed by atoms with Crippen LogP contribution in [0, 0.1) is 11.3 Å². The zero-order valence-electron chi connectivity index (χ0n) is 15.8. The number of hydrogen-bond acceptors (Lipinski definition) is 3. The van der Waals surface area contributed by atoms with Crippen LogP contribution in [0.2, 0.25) is 5.02 Å². The molecule has 0 aliphatic rings. The van der Waals surface area contributed by atoms with Gasteiger partial charge in [0.1, 0.15) is 17.1 Å². The number of benzene rings is 4. The Morgan fingerprint density at radius 2 is 1.33 bits per heavy atom. The molecule has 142 valence electrons. The molecule has 4 nitrogen and oxygen atoms in total. The average molecular weight is 407 g/mol. The van der Waals surface area contributed by atoms with Crippen molar-refractivity contribution in [3.05, 3.63) is 101 Å². The van der Waals surface area contributed by atoms with Gasteiger partial charge in [-0.2, -0.15) is 10.1 Å². The second-order valence-electron chi connectivity index (χ2n) is 6.87. The van der Waals surface area contributed by atoms with Gasteiger partial charge in [0.25, 0.3) is 0 Å². The van der Waals surface area contributed by atoms with Crippen LogP contribution < -0.4 is 0 Å². The second-order valence-corrected chi connectivity index (χ2v) is 7.25. The van der Waals surface area contributed by atoms with Gasteiger partial charge in [0.05, 0.1) is 16.3 Å². The fourth-order valence-corrected chi connectivity index (χ4v) is 3.75. The molecule has 5 heteroatoms. The molecule has 5 aromatic rings. The van der Waals surface area contributed by atoms with Gasteiger partial charge in [-0.3, -0.25) is 0 Å². The van der Waals surface area contributed by atoms with Crippen molar-refractivity contribution < 1.29 is 0 Å². The molecule has 0 aliphatic heterocycles. The zero-order valence-corrected chi connectivity index (χ0v) is 16.6. The van der Waals surface area contributed by atoms with E-state index in [0.29, 0.717) is 21.6 Å². The molecule has 4 aromatic carbocycles. The summed E-state index contributed by atoms with van der Waals surface area (Å²) >= 11 is 6.50. The van der Waals surface area contributed by atoms with Gasteiger partial charge in [-0.1, -0.05) is 90.5 Å². The molecule has 0 spiro atoms. The van der Waals surface area contributed by atoms with Gasteiger partial charge in [-0.05, 0) is 23.3 Å². The number of aromatic nitrogens is 3. The van der Waals surface area contributed by atoms with Crippen molar-refractivity contribution in [2.75, 3.05) is 0 Å². The van der Waals surface area contributed by atoms with E-state index in [9.17, 15) is 5.26 Å². The Morgan fingerprint density at radius 1 is 0.733 bits per heavy atom. The second kappa shape index (κ2) is 7.47. The smallest absolute Gasteiger partial charge is 0.134 e. The van der Waals surface area contributed by atoms with E-state index in [1.54, 1.807) is 4.80 Å². The summed E-state index contributed by atoms with van der Waals surface area (Å²) in [4.78, 5) is 1.56. The van der Waals surface area contributed by atoms with Crippen LogP contribution in [0.3, 0.4) is 0 Å². The molecule has 0 amide bonds. The van der Waals surface area contributed by atoms with E-state index in [-0.39, 0.29) is 0 Å². The summed E-state index contributed by atoms with van der Waals surface area (Å²) in [5.41, 5.74) is 4.68. The van der Waals surface area contributed by atoms with E-state index < -0.39 is 0 Å². The molecule has 1 heterocycles. The lowest BCUT2D eigenvalue weighted by Crippen LogP contribution is -1.98. The summed E-state index contributed by atoms with van der Waals surface area (Å²) in [6.45, 7) is 0. The Hall–Kier alpha value is -3.94. The van der Waals surface area contributed by atoms with Crippen LogP contribution in [-0.2, 0) is 0 Å². The van der Waals surface area contributed by atoms with Crippen molar-refractivity contribution in [3.63, 3.8) is 0 Å². The van der Waals surface area contributed by atoms with Crippen LogP contribution in [0.25, 0.3) is 39.6 Å². The molecular formula is C25H15ClN4. The lowest BCUT2D eigenvalue weighted by atomic mass is 10.0. The average Bonchev–Trinajstić information content (AvgIpc) is 3.25. The van der Waals surface area contributed by atoms with E-state index >= 15 is 0 Å². The van der Waals surface area contributed by atoms with Gasteiger partial charge in [0.2, 0.25) is 0 Å². The van der Waals surface area contributed by atoms with Crippen LogP contribution in [0.4, 0.5) is 0 Å². The van der Waals surface area contributed by atoms with E-state index in [4.69, 9.17) is 11.6 Å². The van der Waals surface area contributed by atoms with Gasteiger partial charge < -0.3 is 0 Å². The summed E-state index contributed by atoms with van der Waals surface area (Å²) in [6, 6.07) is 27.9. The molecule has 0 N–H and O–H groups in total. The fraction of sp³-hybridized carbons (Fsp3) is 0. The highest BCUT2D eigenvalue weighted by atomic mass is 35.5. The third-order valence-electron chi connectivity index (χ3n) is 5.00. The SMILES string of the molecule is N#Cc1c(Cl)c2nn(-c3ccc(C=Cc4ccccc4)cc3)nc2c2ccccc12. The van der Waals surface area contributed by atoms with Crippen molar-refractivity contribution in [2.45, 2.75) is 0 Å². The highest BCUT2D eigenvalue weighted by Gasteiger charge is 2.17. The zero-order chi connectivity index (χ0) is 20.5. The van der Waals surface area contributed by atoms with E-state index in [0.717, 1.165) is 27.6 Å². The first-order valence-electron chi connectivity index (χ1n) is 9.45. The third kappa shape index (κ3) is 3.12. The Bertz CT molecular complexity index is 1440. The number of rotatable bonds is 3. The monoisotopic (exact) mass is 406 g/mol. The van der Waals surface area contributed by atoms with Crippen molar-refractivity contribution in [1.29, 1.82) is 5.26 Å². The van der Waals surface area contributed by atoms with Gasteiger partial charge in [-0.25, -0.2) is 0 Å². The molecule has 30 heavy (non-hydrogen) atoms. The molecule has 0 radical (unpaired) electrons. The number of hydrogen-bond donors (Lipinski definition) is 0. The van der Waals surface area contributed by atoms with E-state index in [1.807, 2.05) is 66.7 Å². The van der Waals surface area contributed by atoms with Crippen LogP contribution in [0.5, 0.6) is 0 Å². The van der Waals surface area contributed by atoms with Crippen LogP contribution in [0.1, 0.15) is 16.7 Å². The minimum atomic E-state index is 0.333. The predicted octanol–water partition coefficient (Wildman–Crippen LogP) is 6.27. The third-order valence-corrected chi connectivity index (χ3v) is 5.36. The highest BCUT2D eigenvalue weighted by Crippen LogP contribution is 2.34. The fourth-order valence-electron chi connectivity index (χ4n) is 3.48. The standard InChI is InChI=1S/C25H15ClN4/c26-23-22(16-27)20-8-4-5-9-21(20)24-25(23)29-30(28-24)19-14-12-18(13-15-19)11-10-17-6-2-1-3-7-17/h1-15H. The molecule has 0 saturated carbocycles. The summed E-state index contributed by atoms with van der Waals surface area (Å²) < 4.78 is 0. The minimum absolute atomic E-state index is 0.333. The molecule has 0 fully saturated rings. The Labute approximate surface area is 178 Å². The van der Waals surface area contributed by atoms with E-state index in [2.05, 4.69) is 40.6 Å². The van der Waals surface area contributed by atoms with Crippen molar-refractivity contribution >= 4 is 45.6 Å². The number of nitriles is 1. The lowest BCUT2D eigenvalue weighted by molar-refractivity contribution is 0.766. The molecule has 0 bridgehead atoms. The molecule has 5 rings (SSSR count). The Kier molecular flexibility index (Phi) is 4.51. The van der Waals surface area contributed by atoms with Crippen molar-refractivity contribution in [2.24, 2.45) is 0 Å². The van der Waals surface area contributed by atoms with Crippen molar-refractivity contribution in [3.8, 4) is 11.8 Å². The lowest BCUT2D eigenvalue weighted by Gasteiger charge is -2.02. The Morgan fingerprint density at radius 3 is 2.03 bits per heavy atom. The topological polar surface area (TPSA) is 54.5 Å². The maximum Gasteiger partial charge on any atom is 0.134 e. The maximum atomic E-state index is 9.57. The summed E-state index contributed by atoms with van der Waals surface area (Å²) in [6.07, 6.45) is 4.14. The van der Waals surface area contributed by atoms with Gasteiger partial charge in [0, 0.05) is 10.8 Å². The number of halogens is 1. The summed E-state index contributed by atoms with van der Waals surface area (Å²) in [5, 5.41) is 20.8. The van der Waals surface area contributed by atoms with Crippen LogP contribution >= 0.6 is 11.6 Å². The van der Waals surface area contributed by atoms with Gasteiger partial charge in [0.15, 0.2) is 0 Å². The first-order valence-corrected chi connectivity index (χ1v) is 9.83. The van der Waals surface area contributed by atoms with E-state index in [1.165, 1.54) is 0 Å². The minimum Gasteiger partial charge on any atom is -0.192 e. The molecular weight excluding hydrogens is 392 g/mol. The first kappa shape index (κ1) is 18.1.